The summed E-state index contributed by atoms with van der Waals surface area (Å²) in [5.41, 5.74) is 0. The van der Waals surface area contributed by atoms with E-state index in [1.54, 1.807) is 0 Å². The van der Waals surface area contributed by atoms with Gasteiger partial charge in [-0.3, -0.25) is 0 Å². The molecule has 0 aromatic rings. The molecule has 0 spiro atoms. The number of rotatable bonds is 2. The van der Waals surface area contributed by atoms with E-state index in [4.69, 9.17) is 19.3 Å². The molecular weight excluding hydrogens is 184 g/mol. The van der Waals surface area contributed by atoms with Crippen LogP contribution in [0.3, 0.4) is 0 Å². The third-order valence-corrected chi connectivity index (χ3v) is 2.85. The number of hydrogen-bond acceptors (Lipinski definition) is 4. The second-order valence-electron chi connectivity index (χ2n) is 4.60. The van der Waals surface area contributed by atoms with Gasteiger partial charge in [-0.15, -0.1) is 0 Å². The summed E-state index contributed by atoms with van der Waals surface area (Å²) >= 11 is 0. The molecule has 4 heteroatoms. The zero-order chi connectivity index (χ0) is 10.3. The molecule has 0 aromatic carbocycles. The van der Waals surface area contributed by atoms with E-state index < -0.39 is 5.79 Å². The minimum atomic E-state index is -0.507. The Kier molecular flexibility index (Phi) is 2.55. The smallest absolute Gasteiger partial charge is 0.164 e. The van der Waals surface area contributed by atoms with Crippen LogP contribution in [0.4, 0.5) is 0 Å². The lowest BCUT2D eigenvalue weighted by Crippen LogP contribution is -2.35. The predicted octanol–water partition coefficient (Wildman–Crippen LogP) is 0.534. The largest absolute Gasteiger partial charge is 0.396 e. The first-order valence-electron chi connectivity index (χ1n) is 5.11. The van der Waals surface area contributed by atoms with E-state index in [-0.39, 0.29) is 30.8 Å². The monoisotopic (exact) mass is 202 g/mol. The quantitative estimate of drug-likeness (QED) is 0.709. The lowest BCUT2D eigenvalue weighted by Gasteiger charge is -2.24. The summed E-state index contributed by atoms with van der Waals surface area (Å²) in [5, 5.41) is 9.07. The van der Waals surface area contributed by atoms with E-state index in [9.17, 15) is 0 Å². The maximum atomic E-state index is 9.07. The number of hydrogen-bond donors (Lipinski definition) is 1. The highest BCUT2D eigenvalue weighted by atomic mass is 16.8. The van der Waals surface area contributed by atoms with Crippen LogP contribution >= 0.6 is 0 Å². The average Bonchev–Trinajstić information content (AvgIpc) is 2.58. The van der Waals surface area contributed by atoms with Crippen molar-refractivity contribution in [2.45, 2.75) is 44.9 Å². The fraction of sp³-hybridized carbons (Fsp3) is 1.00. The Labute approximate surface area is 84.1 Å². The molecule has 0 aliphatic carbocycles. The molecule has 2 aliphatic rings. The second kappa shape index (κ2) is 3.45. The molecule has 2 unspecified atom stereocenters. The Morgan fingerprint density at radius 1 is 1.43 bits per heavy atom. The fourth-order valence-corrected chi connectivity index (χ4v) is 2.16. The summed E-state index contributed by atoms with van der Waals surface area (Å²) in [6.07, 6.45) is -0.0251. The van der Waals surface area contributed by atoms with E-state index in [0.717, 1.165) is 0 Å². The van der Waals surface area contributed by atoms with Gasteiger partial charge in [0, 0.05) is 12.5 Å². The van der Waals surface area contributed by atoms with Crippen molar-refractivity contribution in [2.24, 2.45) is 5.92 Å². The van der Waals surface area contributed by atoms with Gasteiger partial charge in [-0.05, 0) is 13.8 Å². The van der Waals surface area contributed by atoms with E-state index in [1.165, 1.54) is 0 Å². The van der Waals surface area contributed by atoms with E-state index >= 15 is 0 Å². The predicted molar refractivity (Wildman–Crippen MR) is 49.8 cm³/mol. The first-order chi connectivity index (χ1) is 6.53. The molecule has 4 atom stereocenters. The third-order valence-electron chi connectivity index (χ3n) is 2.85. The molecule has 14 heavy (non-hydrogen) atoms. The summed E-state index contributed by atoms with van der Waals surface area (Å²) in [7, 11) is 0. The summed E-state index contributed by atoms with van der Waals surface area (Å²) in [6.45, 7) is 6.47. The Morgan fingerprint density at radius 3 is 2.79 bits per heavy atom. The highest BCUT2D eigenvalue weighted by molar-refractivity contribution is 4.94. The summed E-state index contributed by atoms with van der Waals surface area (Å²) in [4.78, 5) is 0. The molecule has 0 amide bonds. The highest BCUT2D eigenvalue weighted by Crippen LogP contribution is 2.37. The highest BCUT2D eigenvalue weighted by Gasteiger charge is 2.51. The zero-order valence-electron chi connectivity index (χ0n) is 8.90. The van der Waals surface area contributed by atoms with Crippen LogP contribution in [-0.4, -0.2) is 42.4 Å². The van der Waals surface area contributed by atoms with Crippen LogP contribution < -0.4 is 0 Å². The number of aliphatic hydroxyl groups is 1. The van der Waals surface area contributed by atoms with Crippen LogP contribution in [0.1, 0.15) is 20.8 Å². The number of fused-ring (bicyclic) bond motifs is 1. The SMILES string of the molecule is CC(CO)C1OC[C@H]2OC(C)(C)O[C@@H]12. The van der Waals surface area contributed by atoms with Crippen molar-refractivity contribution in [3.63, 3.8) is 0 Å². The van der Waals surface area contributed by atoms with Crippen LogP contribution in [0.15, 0.2) is 0 Å². The average molecular weight is 202 g/mol. The van der Waals surface area contributed by atoms with Crippen molar-refractivity contribution in [2.75, 3.05) is 13.2 Å². The van der Waals surface area contributed by atoms with Crippen LogP contribution in [0, 0.1) is 5.92 Å². The van der Waals surface area contributed by atoms with Gasteiger partial charge in [-0.25, -0.2) is 0 Å². The third kappa shape index (κ3) is 1.67. The maximum absolute atomic E-state index is 9.07. The van der Waals surface area contributed by atoms with Gasteiger partial charge < -0.3 is 19.3 Å². The summed E-state index contributed by atoms with van der Waals surface area (Å²) < 4.78 is 17.0. The lowest BCUT2D eigenvalue weighted by atomic mass is 10.00. The van der Waals surface area contributed by atoms with Crippen molar-refractivity contribution in [3.8, 4) is 0 Å². The molecule has 2 rings (SSSR count). The molecule has 82 valence electrons. The topological polar surface area (TPSA) is 47.9 Å². The van der Waals surface area contributed by atoms with E-state index in [0.29, 0.717) is 6.61 Å². The van der Waals surface area contributed by atoms with Gasteiger partial charge in [0.05, 0.1) is 12.7 Å². The van der Waals surface area contributed by atoms with E-state index in [2.05, 4.69) is 0 Å². The fourth-order valence-electron chi connectivity index (χ4n) is 2.16. The van der Waals surface area contributed by atoms with Crippen molar-refractivity contribution in [3.05, 3.63) is 0 Å². The molecule has 0 radical (unpaired) electrons. The molecule has 2 heterocycles. The van der Waals surface area contributed by atoms with Gasteiger partial charge >= 0.3 is 0 Å². The Bertz CT molecular complexity index is 216. The van der Waals surface area contributed by atoms with Crippen LogP contribution in [-0.2, 0) is 14.2 Å². The van der Waals surface area contributed by atoms with Crippen molar-refractivity contribution < 1.29 is 19.3 Å². The first-order valence-corrected chi connectivity index (χ1v) is 5.11. The van der Waals surface area contributed by atoms with Gasteiger partial charge in [0.15, 0.2) is 5.79 Å². The molecule has 1 N–H and O–H groups in total. The van der Waals surface area contributed by atoms with Gasteiger partial charge in [-0.2, -0.15) is 0 Å². The molecule has 0 saturated carbocycles. The lowest BCUT2D eigenvalue weighted by molar-refractivity contribution is -0.180. The second-order valence-corrected chi connectivity index (χ2v) is 4.60. The van der Waals surface area contributed by atoms with Crippen molar-refractivity contribution >= 4 is 0 Å². The molecule has 2 fully saturated rings. The first kappa shape index (κ1) is 10.4. The molecule has 2 aliphatic heterocycles. The van der Waals surface area contributed by atoms with E-state index in [1.807, 2.05) is 20.8 Å². The number of ether oxygens (including phenoxy) is 3. The summed E-state index contributed by atoms with van der Waals surface area (Å²) in [6, 6.07) is 0. The van der Waals surface area contributed by atoms with Gasteiger partial charge in [0.1, 0.15) is 12.2 Å². The molecule has 0 bridgehead atoms. The van der Waals surface area contributed by atoms with Gasteiger partial charge in [0.25, 0.3) is 0 Å². The molecule has 4 nitrogen and oxygen atoms in total. The van der Waals surface area contributed by atoms with Gasteiger partial charge in [-0.1, -0.05) is 6.92 Å². The zero-order valence-corrected chi connectivity index (χ0v) is 8.90. The van der Waals surface area contributed by atoms with Crippen molar-refractivity contribution in [1.82, 2.24) is 0 Å². The van der Waals surface area contributed by atoms with Gasteiger partial charge in [0.2, 0.25) is 0 Å². The molecular formula is C10H18O4. The Balaban J connectivity index is 2.04. The minimum Gasteiger partial charge on any atom is -0.396 e. The van der Waals surface area contributed by atoms with Crippen LogP contribution in [0.2, 0.25) is 0 Å². The normalized spacial score (nSPS) is 42.4. The Hall–Kier alpha value is -0.160. The number of aliphatic hydroxyl groups excluding tert-OH is 1. The van der Waals surface area contributed by atoms with Crippen molar-refractivity contribution in [1.29, 1.82) is 0 Å². The molecule has 2 saturated heterocycles. The van der Waals surface area contributed by atoms with Crippen LogP contribution in [0.5, 0.6) is 0 Å². The maximum Gasteiger partial charge on any atom is 0.164 e. The summed E-state index contributed by atoms with van der Waals surface area (Å²) in [5.74, 6) is -0.408. The standard InChI is InChI=1S/C10H18O4/c1-6(4-11)8-9-7(5-12-8)13-10(2,3)14-9/h6-9,11H,4-5H2,1-3H3/t6?,7-,8?,9-/m1/s1. The van der Waals surface area contributed by atoms with Crippen LogP contribution in [0.25, 0.3) is 0 Å². The Morgan fingerprint density at radius 2 is 2.14 bits per heavy atom. The molecule has 0 aromatic heterocycles. The minimum absolute atomic E-state index is 0.0212.